The van der Waals surface area contributed by atoms with Crippen LogP contribution in [0, 0.1) is 5.92 Å². The Bertz CT molecular complexity index is 723. The molecule has 1 saturated heterocycles. The molecule has 28 heavy (non-hydrogen) atoms. The Balaban J connectivity index is 1.37. The quantitative estimate of drug-likeness (QED) is 0.483. The summed E-state index contributed by atoms with van der Waals surface area (Å²) < 4.78 is 5.91. The lowest BCUT2D eigenvalue weighted by molar-refractivity contribution is 0.160. The molecule has 0 atom stereocenters. The minimum absolute atomic E-state index is 0.578. The van der Waals surface area contributed by atoms with Crippen molar-refractivity contribution in [2.75, 3.05) is 31.2 Å². The van der Waals surface area contributed by atoms with Crippen LogP contribution in [0.4, 0.5) is 5.95 Å². The van der Waals surface area contributed by atoms with E-state index in [4.69, 9.17) is 9.57 Å². The van der Waals surface area contributed by atoms with Crippen LogP contribution >= 0.6 is 0 Å². The van der Waals surface area contributed by atoms with Crippen molar-refractivity contribution in [3.63, 3.8) is 0 Å². The van der Waals surface area contributed by atoms with Crippen molar-refractivity contribution in [3.05, 3.63) is 47.8 Å². The van der Waals surface area contributed by atoms with Gasteiger partial charge in [-0.1, -0.05) is 12.1 Å². The average molecular weight is 383 g/mol. The fraction of sp³-hybridized carbons (Fsp3) is 0.500. The molecule has 1 aliphatic heterocycles. The van der Waals surface area contributed by atoms with Gasteiger partial charge in [-0.2, -0.15) is 0 Å². The molecule has 0 N–H and O–H groups in total. The number of nitrogens with zero attached hydrogens (tertiary/aromatic N) is 4. The van der Waals surface area contributed by atoms with Gasteiger partial charge in [-0.3, -0.25) is 0 Å². The molecule has 0 spiro atoms. The third-order valence-electron chi connectivity index (χ3n) is 5.08. The van der Waals surface area contributed by atoms with E-state index in [2.05, 4.69) is 26.9 Å². The van der Waals surface area contributed by atoms with Gasteiger partial charge in [0.25, 0.3) is 0 Å². The first-order chi connectivity index (χ1) is 13.8. The zero-order valence-electron chi connectivity index (χ0n) is 16.9. The number of aromatic nitrogens is 2. The van der Waals surface area contributed by atoms with Crippen molar-refractivity contribution >= 4 is 12.2 Å². The molecule has 0 amide bonds. The van der Waals surface area contributed by atoms with Crippen LogP contribution in [0.15, 0.2) is 41.8 Å². The van der Waals surface area contributed by atoms with Crippen LogP contribution in [-0.4, -0.2) is 42.5 Å². The molecule has 1 aromatic heterocycles. The Labute approximate surface area is 167 Å². The minimum atomic E-state index is 0.578. The molecule has 6 heteroatoms. The SMILES string of the molecule is CCON=Cc1ccc(OCCC2CCN(c3ncc(CC)cn3)CC2)cc1. The zero-order valence-corrected chi connectivity index (χ0v) is 16.9. The maximum atomic E-state index is 5.91. The van der Waals surface area contributed by atoms with Crippen LogP contribution in [0.3, 0.4) is 0 Å². The van der Waals surface area contributed by atoms with Gasteiger partial charge in [0, 0.05) is 25.5 Å². The van der Waals surface area contributed by atoms with E-state index >= 15 is 0 Å². The van der Waals surface area contributed by atoms with Crippen LogP contribution in [-0.2, 0) is 11.3 Å². The van der Waals surface area contributed by atoms with Gasteiger partial charge in [0.05, 0.1) is 12.8 Å². The third kappa shape index (κ3) is 5.94. The van der Waals surface area contributed by atoms with E-state index in [1.54, 1.807) is 6.21 Å². The summed E-state index contributed by atoms with van der Waals surface area (Å²) in [5.74, 6) is 2.46. The van der Waals surface area contributed by atoms with E-state index in [1.165, 1.54) is 5.56 Å². The molecule has 1 aliphatic rings. The Hall–Kier alpha value is -2.63. The summed E-state index contributed by atoms with van der Waals surface area (Å²) in [5.41, 5.74) is 2.19. The molecule has 0 bridgehead atoms. The van der Waals surface area contributed by atoms with E-state index in [-0.39, 0.29) is 0 Å². The van der Waals surface area contributed by atoms with Crippen LogP contribution in [0.2, 0.25) is 0 Å². The van der Waals surface area contributed by atoms with E-state index < -0.39 is 0 Å². The molecule has 3 rings (SSSR count). The van der Waals surface area contributed by atoms with Crippen LogP contribution in [0.25, 0.3) is 0 Å². The number of hydrogen-bond donors (Lipinski definition) is 0. The standard InChI is InChI=1S/C22H30N4O2/c1-3-18-15-23-22(24-16-18)26-12-9-19(10-13-26)11-14-27-21-7-5-20(6-8-21)17-25-28-4-2/h5-8,15-17,19H,3-4,9-14H2,1-2H3. The summed E-state index contributed by atoms with van der Waals surface area (Å²) >= 11 is 0. The number of piperidine rings is 1. The van der Waals surface area contributed by atoms with Crippen molar-refractivity contribution in [1.29, 1.82) is 0 Å². The van der Waals surface area contributed by atoms with Crippen molar-refractivity contribution in [1.82, 2.24) is 9.97 Å². The van der Waals surface area contributed by atoms with Gasteiger partial charge < -0.3 is 14.5 Å². The molecule has 150 valence electrons. The fourth-order valence-electron chi connectivity index (χ4n) is 3.28. The molecule has 2 aromatic rings. The summed E-state index contributed by atoms with van der Waals surface area (Å²) in [7, 11) is 0. The second-order valence-electron chi connectivity index (χ2n) is 7.03. The molecule has 0 unspecified atom stereocenters. The normalized spacial score (nSPS) is 15.1. The van der Waals surface area contributed by atoms with Crippen LogP contribution in [0.1, 0.15) is 44.2 Å². The highest BCUT2D eigenvalue weighted by Gasteiger charge is 2.20. The van der Waals surface area contributed by atoms with E-state index in [9.17, 15) is 0 Å². The van der Waals surface area contributed by atoms with Gasteiger partial charge in [-0.15, -0.1) is 0 Å². The molecule has 0 saturated carbocycles. The van der Waals surface area contributed by atoms with Gasteiger partial charge >= 0.3 is 0 Å². The van der Waals surface area contributed by atoms with E-state index in [0.29, 0.717) is 12.5 Å². The maximum Gasteiger partial charge on any atom is 0.225 e. The van der Waals surface area contributed by atoms with Gasteiger partial charge in [0.1, 0.15) is 12.4 Å². The summed E-state index contributed by atoms with van der Waals surface area (Å²) in [4.78, 5) is 16.3. The number of hydrogen-bond acceptors (Lipinski definition) is 6. The predicted octanol–water partition coefficient (Wildman–Crippen LogP) is 4.09. The number of oxime groups is 1. The van der Waals surface area contributed by atoms with Crippen molar-refractivity contribution in [2.24, 2.45) is 11.1 Å². The summed E-state index contributed by atoms with van der Waals surface area (Å²) in [6.45, 7) is 7.40. The van der Waals surface area contributed by atoms with Crippen molar-refractivity contribution in [2.45, 2.75) is 39.5 Å². The first kappa shape index (κ1) is 20.1. The second-order valence-corrected chi connectivity index (χ2v) is 7.03. The summed E-state index contributed by atoms with van der Waals surface area (Å²) in [6.07, 6.45) is 9.97. The predicted molar refractivity (Wildman–Crippen MR) is 112 cm³/mol. The highest BCUT2D eigenvalue weighted by atomic mass is 16.6. The lowest BCUT2D eigenvalue weighted by Crippen LogP contribution is -2.35. The average Bonchev–Trinajstić information content (AvgIpc) is 2.76. The Morgan fingerprint density at radius 1 is 1.11 bits per heavy atom. The monoisotopic (exact) mass is 382 g/mol. The van der Waals surface area contributed by atoms with Crippen molar-refractivity contribution in [3.8, 4) is 5.75 Å². The van der Waals surface area contributed by atoms with Crippen LogP contribution in [0.5, 0.6) is 5.75 Å². The highest BCUT2D eigenvalue weighted by molar-refractivity contribution is 5.79. The number of benzene rings is 1. The van der Waals surface area contributed by atoms with Gasteiger partial charge in [-0.25, -0.2) is 9.97 Å². The highest BCUT2D eigenvalue weighted by Crippen LogP contribution is 2.23. The summed E-state index contributed by atoms with van der Waals surface area (Å²) in [6, 6.07) is 7.93. The number of rotatable bonds is 9. The van der Waals surface area contributed by atoms with E-state index in [1.807, 2.05) is 43.6 Å². The molecular formula is C22H30N4O2. The molecule has 1 aromatic carbocycles. The van der Waals surface area contributed by atoms with Gasteiger partial charge in [0.15, 0.2) is 0 Å². The van der Waals surface area contributed by atoms with E-state index in [0.717, 1.165) is 62.6 Å². The lowest BCUT2D eigenvalue weighted by atomic mass is 9.94. The Morgan fingerprint density at radius 3 is 2.46 bits per heavy atom. The van der Waals surface area contributed by atoms with Gasteiger partial charge in [-0.05, 0) is 73.9 Å². The first-order valence-electron chi connectivity index (χ1n) is 10.2. The fourth-order valence-corrected chi connectivity index (χ4v) is 3.28. The third-order valence-corrected chi connectivity index (χ3v) is 5.08. The lowest BCUT2D eigenvalue weighted by Gasteiger charge is -2.32. The Kier molecular flexibility index (Phi) is 7.64. The number of anilines is 1. The second kappa shape index (κ2) is 10.6. The Morgan fingerprint density at radius 2 is 1.82 bits per heavy atom. The smallest absolute Gasteiger partial charge is 0.225 e. The maximum absolute atomic E-state index is 5.91. The zero-order chi connectivity index (χ0) is 19.6. The van der Waals surface area contributed by atoms with Crippen molar-refractivity contribution < 1.29 is 9.57 Å². The molecular weight excluding hydrogens is 352 g/mol. The molecule has 0 radical (unpaired) electrons. The molecule has 1 fully saturated rings. The molecule has 6 nitrogen and oxygen atoms in total. The van der Waals surface area contributed by atoms with Gasteiger partial charge in [0.2, 0.25) is 5.95 Å². The van der Waals surface area contributed by atoms with Crippen LogP contribution < -0.4 is 9.64 Å². The minimum Gasteiger partial charge on any atom is -0.494 e. The number of ether oxygens (including phenoxy) is 1. The summed E-state index contributed by atoms with van der Waals surface area (Å²) in [5, 5.41) is 3.87. The number of aryl methyl sites for hydroxylation is 1. The topological polar surface area (TPSA) is 59.8 Å². The molecule has 0 aliphatic carbocycles. The largest absolute Gasteiger partial charge is 0.494 e. The first-order valence-corrected chi connectivity index (χ1v) is 10.2. The molecule has 2 heterocycles.